The van der Waals surface area contributed by atoms with Gasteiger partial charge >= 0.3 is 6.18 Å². The van der Waals surface area contributed by atoms with Crippen molar-refractivity contribution in [1.29, 1.82) is 0 Å². The van der Waals surface area contributed by atoms with Crippen LogP contribution in [-0.2, 0) is 16.2 Å². The van der Waals surface area contributed by atoms with Crippen molar-refractivity contribution in [3.05, 3.63) is 82.9 Å². The Labute approximate surface area is 187 Å². The number of halogens is 4. The monoisotopic (exact) mass is 484 g/mol. The summed E-state index contributed by atoms with van der Waals surface area (Å²) in [5.41, 5.74) is -0.555. The van der Waals surface area contributed by atoms with Gasteiger partial charge in [-0.25, -0.2) is 8.42 Å². The third-order valence-corrected chi connectivity index (χ3v) is 5.94. The zero-order valence-electron chi connectivity index (χ0n) is 16.4. The quantitative estimate of drug-likeness (QED) is 0.489. The summed E-state index contributed by atoms with van der Waals surface area (Å²) in [5.74, 6) is -0.683. The fourth-order valence-corrected chi connectivity index (χ4v) is 4.09. The molecule has 0 aliphatic rings. The van der Waals surface area contributed by atoms with Crippen LogP contribution in [0.4, 0.5) is 24.5 Å². The van der Waals surface area contributed by atoms with Gasteiger partial charge in [0.05, 0.1) is 12.7 Å². The highest BCUT2D eigenvalue weighted by atomic mass is 35.5. The zero-order valence-corrected chi connectivity index (χ0v) is 18.0. The lowest BCUT2D eigenvalue weighted by Crippen LogP contribution is -2.16. The second kappa shape index (κ2) is 9.09. The van der Waals surface area contributed by atoms with Crippen LogP contribution in [0.25, 0.3) is 0 Å². The van der Waals surface area contributed by atoms with Gasteiger partial charge in [0, 0.05) is 22.0 Å². The molecule has 0 unspecified atom stereocenters. The van der Waals surface area contributed by atoms with Crippen molar-refractivity contribution in [2.45, 2.75) is 11.1 Å². The molecule has 0 saturated carbocycles. The average Bonchev–Trinajstić information content (AvgIpc) is 2.74. The molecule has 3 rings (SSSR count). The van der Waals surface area contributed by atoms with Gasteiger partial charge in [-0.05, 0) is 66.7 Å². The number of hydrogen-bond acceptors (Lipinski definition) is 4. The first-order chi connectivity index (χ1) is 15.0. The van der Waals surface area contributed by atoms with Crippen LogP contribution in [0.1, 0.15) is 15.9 Å². The van der Waals surface area contributed by atoms with Gasteiger partial charge in [-0.3, -0.25) is 9.52 Å². The molecule has 2 N–H and O–H groups in total. The molecule has 3 aromatic rings. The summed E-state index contributed by atoms with van der Waals surface area (Å²) in [4.78, 5) is 12.2. The first-order valence-electron chi connectivity index (χ1n) is 8.94. The van der Waals surface area contributed by atoms with Gasteiger partial charge in [0.15, 0.2) is 0 Å². The van der Waals surface area contributed by atoms with Crippen molar-refractivity contribution in [1.82, 2.24) is 0 Å². The topological polar surface area (TPSA) is 84.5 Å². The first-order valence-corrected chi connectivity index (χ1v) is 10.8. The minimum absolute atomic E-state index is 0.0268. The Hall–Kier alpha value is -3.24. The number of nitrogens with one attached hydrogen (secondary N) is 2. The summed E-state index contributed by atoms with van der Waals surface area (Å²) in [6, 6.07) is 13.5. The van der Waals surface area contributed by atoms with E-state index in [-0.39, 0.29) is 27.6 Å². The highest BCUT2D eigenvalue weighted by molar-refractivity contribution is 7.92. The van der Waals surface area contributed by atoms with Crippen LogP contribution in [0.3, 0.4) is 0 Å². The number of anilines is 2. The number of alkyl halides is 3. The number of amides is 1. The number of carbonyl (C=O) groups excluding carboxylic acids is 1. The summed E-state index contributed by atoms with van der Waals surface area (Å²) in [7, 11) is -2.82. The fourth-order valence-electron chi connectivity index (χ4n) is 2.71. The molecule has 0 aromatic heterocycles. The molecular formula is C21H16ClF3N2O4S. The maximum atomic E-state index is 12.9. The molecule has 168 valence electrons. The number of benzene rings is 3. The maximum absolute atomic E-state index is 12.9. The minimum atomic E-state index is -4.52. The lowest BCUT2D eigenvalue weighted by molar-refractivity contribution is -0.137. The zero-order chi connectivity index (χ0) is 23.5. The standard InChI is InChI=1S/C21H16ClF3N2O4S/c1-31-18-11-10-17(26-20(28)13-2-4-14(5-3-13)21(23,24)25)12-19(18)32(29,30)27-16-8-6-15(22)7-9-16/h2-12,27H,1H3,(H,26,28). The molecule has 32 heavy (non-hydrogen) atoms. The molecule has 1 amide bonds. The Morgan fingerprint density at radius 1 is 0.938 bits per heavy atom. The second-order valence-corrected chi connectivity index (χ2v) is 8.59. The van der Waals surface area contributed by atoms with Crippen molar-refractivity contribution >= 4 is 38.9 Å². The van der Waals surface area contributed by atoms with Gasteiger partial charge in [-0.1, -0.05) is 11.6 Å². The van der Waals surface area contributed by atoms with E-state index in [2.05, 4.69) is 10.0 Å². The number of sulfonamides is 1. The van der Waals surface area contributed by atoms with Crippen LogP contribution in [0, 0.1) is 0 Å². The summed E-state index contributed by atoms with van der Waals surface area (Å²) in [6.45, 7) is 0. The summed E-state index contributed by atoms with van der Waals surface area (Å²) in [5, 5.41) is 2.90. The van der Waals surface area contributed by atoms with E-state index in [1.165, 1.54) is 49.6 Å². The van der Waals surface area contributed by atoms with Gasteiger partial charge in [0.1, 0.15) is 10.6 Å². The molecule has 0 spiro atoms. The molecule has 0 aliphatic heterocycles. The Morgan fingerprint density at radius 2 is 1.53 bits per heavy atom. The van der Waals surface area contributed by atoms with Crippen LogP contribution < -0.4 is 14.8 Å². The van der Waals surface area contributed by atoms with Crippen molar-refractivity contribution < 1.29 is 31.1 Å². The normalized spacial score (nSPS) is 11.7. The summed E-state index contributed by atoms with van der Waals surface area (Å²) in [6.07, 6.45) is -4.52. The molecular weight excluding hydrogens is 469 g/mol. The minimum Gasteiger partial charge on any atom is -0.495 e. The molecule has 0 saturated heterocycles. The van der Waals surface area contributed by atoms with E-state index < -0.39 is 27.7 Å². The summed E-state index contributed by atoms with van der Waals surface area (Å²) < 4.78 is 71.3. The van der Waals surface area contributed by atoms with E-state index in [1.807, 2.05) is 0 Å². The van der Waals surface area contributed by atoms with Crippen molar-refractivity contribution in [3.8, 4) is 5.75 Å². The van der Waals surface area contributed by atoms with E-state index in [0.29, 0.717) is 5.02 Å². The Morgan fingerprint density at radius 3 is 2.09 bits per heavy atom. The van der Waals surface area contributed by atoms with Crippen LogP contribution in [-0.4, -0.2) is 21.4 Å². The number of ether oxygens (including phenoxy) is 1. The van der Waals surface area contributed by atoms with E-state index in [0.717, 1.165) is 24.3 Å². The fraction of sp³-hybridized carbons (Fsp3) is 0.0952. The second-order valence-electron chi connectivity index (χ2n) is 6.51. The molecule has 0 radical (unpaired) electrons. The highest BCUT2D eigenvalue weighted by Gasteiger charge is 2.30. The van der Waals surface area contributed by atoms with E-state index in [1.54, 1.807) is 0 Å². The van der Waals surface area contributed by atoms with Crippen molar-refractivity contribution in [3.63, 3.8) is 0 Å². The third kappa shape index (κ3) is 5.51. The molecule has 11 heteroatoms. The molecule has 0 heterocycles. The van der Waals surface area contributed by atoms with E-state index in [4.69, 9.17) is 16.3 Å². The Bertz CT molecular complexity index is 1230. The predicted octanol–water partition coefficient (Wildman–Crippen LogP) is 5.42. The van der Waals surface area contributed by atoms with Gasteiger partial charge in [0.2, 0.25) is 0 Å². The first kappa shape index (κ1) is 23.4. The molecule has 3 aromatic carbocycles. The van der Waals surface area contributed by atoms with Crippen LogP contribution in [0.15, 0.2) is 71.6 Å². The Kier molecular flexibility index (Phi) is 6.65. The molecule has 6 nitrogen and oxygen atoms in total. The lowest BCUT2D eigenvalue weighted by atomic mass is 10.1. The van der Waals surface area contributed by atoms with Crippen LogP contribution in [0.5, 0.6) is 5.75 Å². The molecule has 0 fully saturated rings. The molecule has 0 bridgehead atoms. The SMILES string of the molecule is COc1ccc(NC(=O)c2ccc(C(F)(F)F)cc2)cc1S(=O)(=O)Nc1ccc(Cl)cc1. The van der Waals surface area contributed by atoms with Crippen molar-refractivity contribution in [2.24, 2.45) is 0 Å². The summed E-state index contributed by atoms with van der Waals surface area (Å²) >= 11 is 5.81. The van der Waals surface area contributed by atoms with Gasteiger partial charge < -0.3 is 10.1 Å². The maximum Gasteiger partial charge on any atom is 0.416 e. The van der Waals surface area contributed by atoms with Gasteiger partial charge in [0.25, 0.3) is 15.9 Å². The van der Waals surface area contributed by atoms with Crippen molar-refractivity contribution in [2.75, 3.05) is 17.1 Å². The number of methoxy groups -OCH3 is 1. The lowest BCUT2D eigenvalue weighted by Gasteiger charge is -2.14. The average molecular weight is 485 g/mol. The van der Waals surface area contributed by atoms with Crippen LogP contribution >= 0.6 is 11.6 Å². The largest absolute Gasteiger partial charge is 0.495 e. The van der Waals surface area contributed by atoms with E-state index in [9.17, 15) is 26.4 Å². The number of carbonyl (C=O) groups is 1. The molecule has 0 atom stereocenters. The van der Waals surface area contributed by atoms with Gasteiger partial charge in [-0.2, -0.15) is 13.2 Å². The smallest absolute Gasteiger partial charge is 0.416 e. The highest BCUT2D eigenvalue weighted by Crippen LogP contribution is 2.31. The van der Waals surface area contributed by atoms with E-state index >= 15 is 0 Å². The predicted molar refractivity (Wildman–Crippen MR) is 115 cm³/mol. The number of rotatable bonds is 6. The number of hydrogen-bond donors (Lipinski definition) is 2. The third-order valence-electron chi connectivity index (χ3n) is 4.28. The Balaban J connectivity index is 1.85. The molecule has 0 aliphatic carbocycles. The van der Waals surface area contributed by atoms with Gasteiger partial charge in [-0.15, -0.1) is 0 Å². The van der Waals surface area contributed by atoms with Crippen LogP contribution in [0.2, 0.25) is 5.02 Å².